The van der Waals surface area contributed by atoms with E-state index in [0.717, 1.165) is 6.61 Å². The molecule has 0 aliphatic carbocycles. The van der Waals surface area contributed by atoms with Crippen LogP contribution in [0.4, 0.5) is 0 Å². The van der Waals surface area contributed by atoms with Gasteiger partial charge in [0, 0.05) is 6.61 Å². The lowest BCUT2D eigenvalue weighted by molar-refractivity contribution is 0.0248. The first-order chi connectivity index (χ1) is 8.70. The maximum absolute atomic E-state index is 6.03. The van der Waals surface area contributed by atoms with Crippen LogP contribution in [0, 0.1) is 5.92 Å². The molecule has 0 aromatic rings. The van der Waals surface area contributed by atoms with E-state index in [1.807, 2.05) is 0 Å². The van der Waals surface area contributed by atoms with Gasteiger partial charge in [-0.15, -0.1) is 0 Å². The van der Waals surface area contributed by atoms with Gasteiger partial charge in [0.15, 0.2) is 8.32 Å². The first-order valence-electron chi connectivity index (χ1n) is 7.50. The first-order valence-corrected chi connectivity index (χ1v) is 10.4. The summed E-state index contributed by atoms with van der Waals surface area (Å²) < 4.78 is 17.1. The fourth-order valence-electron chi connectivity index (χ4n) is 1.19. The van der Waals surface area contributed by atoms with Crippen LogP contribution in [0.25, 0.3) is 0 Å². The molecule has 3 nitrogen and oxygen atoms in total. The highest BCUT2D eigenvalue weighted by molar-refractivity contribution is 6.74. The summed E-state index contributed by atoms with van der Waals surface area (Å²) in [6.07, 6.45) is 1.17. The van der Waals surface area contributed by atoms with Gasteiger partial charge in [0.25, 0.3) is 0 Å². The molecule has 0 aromatic heterocycles. The third kappa shape index (κ3) is 8.79. The molecule has 0 rings (SSSR count). The topological polar surface area (TPSA) is 27.7 Å². The van der Waals surface area contributed by atoms with E-state index >= 15 is 0 Å². The second kappa shape index (κ2) is 9.11. The summed E-state index contributed by atoms with van der Waals surface area (Å²) in [7, 11) is -1.61. The fraction of sp³-hybridized carbons (Fsp3) is 1.00. The molecular formula is C15H34O3Si. The van der Waals surface area contributed by atoms with E-state index in [0.29, 0.717) is 32.3 Å². The molecule has 0 N–H and O–H groups in total. The molecule has 0 aromatic carbocycles. The molecule has 0 bridgehead atoms. The monoisotopic (exact) mass is 290 g/mol. The van der Waals surface area contributed by atoms with Crippen LogP contribution in [-0.2, 0) is 13.9 Å². The molecule has 116 valence electrons. The van der Waals surface area contributed by atoms with E-state index in [4.69, 9.17) is 13.9 Å². The Morgan fingerprint density at radius 2 is 1.47 bits per heavy atom. The van der Waals surface area contributed by atoms with Crippen molar-refractivity contribution in [2.75, 3.05) is 33.0 Å². The lowest BCUT2D eigenvalue weighted by atomic mass is 10.1. The lowest BCUT2D eigenvalue weighted by Crippen LogP contribution is -2.41. The van der Waals surface area contributed by atoms with E-state index in [1.165, 1.54) is 6.42 Å². The Bertz CT molecular complexity index is 224. The van der Waals surface area contributed by atoms with Crippen LogP contribution in [0.2, 0.25) is 18.1 Å². The van der Waals surface area contributed by atoms with Crippen LogP contribution < -0.4 is 0 Å². The van der Waals surface area contributed by atoms with Crippen molar-refractivity contribution < 1.29 is 13.9 Å². The summed E-state index contributed by atoms with van der Waals surface area (Å²) in [6.45, 7) is 19.2. The summed E-state index contributed by atoms with van der Waals surface area (Å²) >= 11 is 0. The van der Waals surface area contributed by atoms with E-state index in [9.17, 15) is 0 Å². The third-order valence-electron chi connectivity index (χ3n) is 3.97. The Labute approximate surface area is 121 Å². The Morgan fingerprint density at radius 1 is 0.947 bits per heavy atom. The van der Waals surface area contributed by atoms with Crippen molar-refractivity contribution in [1.29, 1.82) is 0 Å². The second-order valence-corrected chi connectivity index (χ2v) is 11.6. The zero-order valence-corrected chi connectivity index (χ0v) is 15.0. The number of hydrogen-bond donors (Lipinski definition) is 0. The van der Waals surface area contributed by atoms with Gasteiger partial charge in [-0.2, -0.15) is 0 Å². The average Bonchev–Trinajstić information content (AvgIpc) is 2.30. The number of rotatable bonds is 10. The van der Waals surface area contributed by atoms with Crippen LogP contribution in [0.3, 0.4) is 0 Å². The Balaban J connectivity index is 3.46. The molecule has 0 saturated heterocycles. The highest BCUT2D eigenvalue weighted by Crippen LogP contribution is 2.36. The lowest BCUT2D eigenvalue weighted by Gasteiger charge is -2.36. The maximum atomic E-state index is 6.03. The highest BCUT2D eigenvalue weighted by Gasteiger charge is 2.36. The normalized spacial score (nSPS) is 14.7. The molecule has 0 saturated carbocycles. The zero-order valence-electron chi connectivity index (χ0n) is 14.0. The van der Waals surface area contributed by atoms with Gasteiger partial charge in [-0.3, -0.25) is 0 Å². The van der Waals surface area contributed by atoms with Crippen molar-refractivity contribution in [1.82, 2.24) is 0 Å². The van der Waals surface area contributed by atoms with E-state index in [2.05, 4.69) is 47.7 Å². The largest absolute Gasteiger partial charge is 0.414 e. The summed E-state index contributed by atoms with van der Waals surface area (Å²) in [5.41, 5.74) is 0. The summed E-state index contributed by atoms with van der Waals surface area (Å²) in [4.78, 5) is 0. The number of ether oxygens (including phenoxy) is 2. The molecule has 4 heteroatoms. The van der Waals surface area contributed by atoms with Gasteiger partial charge in [-0.25, -0.2) is 0 Å². The van der Waals surface area contributed by atoms with Crippen molar-refractivity contribution in [2.45, 2.75) is 59.2 Å². The highest BCUT2D eigenvalue weighted by atomic mass is 28.4. The molecule has 0 spiro atoms. The van der Waals surface area contributed by atoms with E-state index < -0.39 is 8.32 Å². The molecule has 1 unspecified atom stereocenters. The predicted octanol–water partition coefficient (Wildman–Crippen LogP) is 4.09. The second-order valence-electron chi connectivity index (χ2n) is 6.81. The summed E-state index contributed by atoms with van der Waals surface area (Å²) in [5, 5.41) is 0.270. The molecule has 0 aliphatic rings. The molecule has 1 atom stereocenters. The maximum Gasteiger partial charge on any atom is 0.192 e. The van der Waals surface area contributed by atoms with Crippen molar-refractivity contribution in [3.05, 3.63) is 0 Å². The molecule has 0 heterocycles. The Hall–Kier alpha value is 0.0969. The molecule has 0 aliphatic heterocycles. The smallest absolute Gasteiger partial charge is 0.192 e. The van der Waals surface area contributed by atoms with Crippen molar-refractivity contribution in [3.8, 4) is 0 Å². The fourth-order valence-corrected chi connectivity index (χ4v) is 2.22. The van der Waals surface area contributed by atoms with Crippen LogP contribution in [0.1, 0.15) is 41.0 Å². The SMILES string of the molecule is CCC(C)COCCOCCO[Si](C)(C)C(C)(C)C. The van der Waals surface area contributed by atoms with Gasteiger partial charge in [0.05, 0.1) is 26.4 Å². The Morgan fingerprint density at radius 3 is 2.00 bits per heavy atom. The minimum atomic E-state index is -1.61. The van der Waals surface area contributed by atoms with E-state index in [1.54, 1.807) is 0 Å². The van der Waals surface area contributed by atoms with Crippen LogP contribution in [0.15, 0.2) is 0 Å². The van der Waals surface area contributed by atoms with Crippen molar-refractivity contribution in [2.24, 2.45) is 5.92 Å². The summed E-state index contributed by atoms with van der Waals surface area (Å²) in [5.74, 6) is 0.641. The van der Waals surface area contributed by atoms with Gasteiger partial charge in [-0.05, 0) is 24.1 Å². The molecule has 0 radical (unpaired) electrons. The van der Waals surface area contributed by atoms with E-state index in [-0.39, 0.29) is 5.04 Å². The summed E-state index contributed by atoms with van der Waals surface area (Å²) in [6, 6.07) is 0. The van der Waals surface area contributed by atoms with Gasteiger partial charge in [0.2, 0.25) is 0 Å². The van der Waals surface area contributed by atoms with Crippen LogP contribution in [-0.4, -0.2) is 41.4 Å². The van der Waals surface area contributed by atoms with Crippen LogP contribution in [0.5, 0.6) is 0 Å². The minimum absolute atomic E-state index is 0.270. The van der Waals surface area contributed by atoms with Crippen LogP contribution >= 0.6 is 0 Å². The van der Waals surface area contributed by atoms with Gasteiger partial charge >= 0.3 is 0 Å². The molecule has 0 amide bonds. The van der Waals surface area contributed by atoms with Gasteiger partial charge in [0.1, 0.15) is 0 Å². The molecule has 19 heavy (non-hydrogen) atoms. The van der Waals surface area contributed by atoms with Crippen molar-refractivity contribution >= 4 is 8.32 Å². The molecule has 0 fully saturated rings. The minimum Gasteiger partial charge on any atom is -0.414 e. The molecular weight excluding hydrogens is 256 g/mol. The van der Waals surface area contributed by atoms with Gasteiger partial charge < -0.3 is 13.9 Å². The standard InChI is InChI=1S/C15H34O3Si/c1-8-14(2)13-17-10-9-16-11-12-18-19(6,7)15(3,4)5/h14H,8-13H2,1-7H3. The average molecular weight is 291 g/mol. The zero-order chi connectivity index (χ0) is 14.9. The third-order valence-corrected chi connectivity index (χ3v) is 8.51. The van der Waals surface area contributed by atoms with Gasteiger partial charge in [-0.1, -0.05) is 41.0 Å². The van der Waals surface area contributed by atoms with Crippen molar-refractivity contribution in [3.63, 3.8) is 0 Å². The quantitative estimate of drug-likeness (QED) is 0.448. The Kier molecular flexibility index (Phi) is 9.16. The predicted molar refractivity (Wildman–Crippen MR) is 84.2 cm³/mol. The first kappa shape index (κ1) is 19.1. The number of hydrogen-bond acceptors (Lipinski definition) is 3.